The number of hydrogen-bond donors (Lipinski definition) is 0. The molecule has 27 heavy (non-hydrogen) atoms. The van der Waals surface area contributed by atoms with Gasteiger partial charge < -0.3 is 4.43 Å². The van der Waals surface area contributed by atoms with Crippen LogP contribution in [0, 0.1) is 8.99 Å². The summed E-state index contributed by atoms with van der Waals surface area (Å²) in [6.07, 6.45) is 7.11. The first kappa shape index (κ1) is 21.4. The molecule has 0 bridgehead atoms. The molecule has 1 atom stereocenters. The predicted molar refractivity (Wildman–Crippen MR) is 122 cm³/mol. The monoisotopic (exact) mass is 499 g/mol. The number of carbonyl (C=O) groups excluding carboxylic acids is 1. The Hall–Kier alpha value is -0.273. The molecule has 2 aliphatic rings. The highest BCUT2D eigenvalue weighted by atomic mass is 127. The average molecular weight is 500 g/mol. The number of nitrogens with zero attached hydrogens (tertiary/aromatic N) is 1. The minimum Gasteiger partial charge on any atom is -0.410 e. The van der Waals surface area contributed by atoms with Gasteiger partial charge in [0.05, 0.1) is 11.8 Å². The van der Waals surface area contributed by atoms with E-state index in [1.54, 1.807) is 0 Å². The van der Waals surface area contributed by atoms with Crippen LogP contribution < -0.4 is 0 Å². The van der Waals surface area contributed by atoms with Crippen LogP contribution in [0.3, 0.4) is 0 Å². The van der Waals surface area contributed by atoms with Crippen molar-refractivity contribution in [3.05, 3.63) is 26.1 Å². The van der Waals surface area contributed by atoms with Crippen molar-refractivity contribution in [2.75, 3.05) is 0 Å². The number of fused-ring (bicyclic) bond motifs is 1. The molecule has 0 aliphatic heterocycles. The van der Waals surface area contributed by atoms with Crippen LogP contribution in [0.5, 0.6) is 0 Å². The molecular formula is C22H34INO2Si. The lowest BCUT2D eigenvalue weighted by Crippen LogP contribution is -2.46. The number of carbonyl (C=O) groups is 1. The number of halogens is 1. The van der Waals surface area contributed by atoms with Crippen LogP contribution in [0.1, 0.15) is 99.6 Å². The molecule has 0 aromatic carbocycles. The molecular weight excluding hydrogens is 465 g/mol. The highest BCUT2D eigenvalue weighted by Crippen LogP contribution is 2.56. The van der Waals surface area contributed by atoms with E-state index in [1.165, 1.54) is 30.5 Å². The van der Waals surface area contributed by atoms with E-state index in [4.69, 9.17) is 9.41 Å². The van der Waals surface area contributed by atoms with Crippen molar-refractivity contribution in [3.63, 3.8) is 0 Å². The Morgan fingerprint density at radius 1 is 1.30 bits per heavy atom. The predicted octanol–water partition coefficient (Wildman–Crippen LogP) is 6.80. The fraction of sp³-hybridized carbons (Fsp3) is 0.727. The van der Waals surface area contributed by atoms with Crippen LogP contribution in [0.2, 0.25) is 18.1 Å². The van der Waals surface area contributed by atoms with Crippen LogP contribution in [-0.4, -0.2) is 19.6 Å². The first-order valence-corrected chi connectivity index (χ1v) is 14.2. The van der Waals surface area contributed by atoms with Gasteiger partial charge in [-0.3, -0.25) is 9.78 Å². The topological polar surface area (TPSA) is 39.2 Å². The molecule has 0 amide bonds. The standard InChI is InChI=1S/C22H34INO2Si/c1-14(2)20-15(13-25)19(23)18-16(24-20)11-22(9-8-10-22)12-17(18)26-27(6,7)21(3,4)5/h13-14,17H,8-12H2,1-7H3. The zero-order chi connectivity index (χ0) is 20.2. The molecule has 0 saturated heterocycles. The van der Waals surface area contributed by atoms with Gasteiger partial charge in [0.25, 0.3) is 0 Å². The summed E-state index contributed by atoms with van der Waals surface area (Å²) in [6, 6.07) is 0. The van der Waals surface area contributed by atoms with E-state index in [9.17, 15) is 4.79 Å². The van der Waals surface area contributed by atoms with E-state index >= 15 is 0 Å². The molecule has 3 rings (SSSR count). The van der Waals surface area contributed by atoms with E-state index < -0.39 is 8.32 Å². The third-order valence-electron chi connectivity index (χ3n) is 7.12. The number of aromatic nitrogens is 1. The van der Waals surface area contributed by atoms with Gasteiger partial charge in [-0.1, -0.05) is 41.0 Å². The fourth-order valence-electron chi connectivity index (χ4n) is 4.28. The van der Waals surface area contributed by atoms with E-state index in [-0.39, 0.29) is 17.1 Å². The number of rotatable bonds is 4. The molecule has 1 aromatic rings. The fourth-order valence-corrected chi connectivity index (χ4v) is 6.61. The summed E-state index contributed by atoms with van der Waals surface area (Å²) in [7, 11) is -1.92. The van der Waals surface area contributed by atoms with Crippen LogP contribution >= 0.6 is 22.6 Å². The summed E-state index contributed by atoms with van der Waals surface area (Å²) in [5, 5.41) is 0.168. The van der Waals surface area contributed by atoms with Gasteiger partial charge in [0, 0.05) is 20.4 Å². The lowest BCUT2D eigenvalue weighted by Gasteiger charge is -2.50. The lowest BCUT2D eigenvalue weighted by molar-refractivity contribution is 0.0295. The Bertz CT molecular complexity index is 748. The summed E-state index contributed by atoms with van der Waals surface area (Å²) in [4.78, 5) is 17.0. The maximum absolute atomic E-state index is 11.9. The van der Waals surface area contributed by atoms with Crippen LogP contribution in [-0.2, 0) is 10.8 Å². The Balaban J connectivity index is 2.13. The molecule has 150 valence electrons. The van der Waals surface area contributed by atoms with Crippen LogP contribution in [0.25, 0.3) is 0 Å². The molecule has 5 heteroatoms. The second-order valence-corrected chi connectivity index (χ2v) is 16.3. The minimum absolute atomic E-state index is 0.0780. The SMILES string of the molecule is CC(C)c1nc2c(c(I)c1C=O)C(O[Si](C)(C)C(C)(C)C)CC1(CCC1)C2. The third-order valence-corrected chi connectivity index (χ3v) is 12.8. The van der Waals surface area contributed by atoms with Gasteiger partial charge in [0.1, 0.15) is 0 Å². The van der Waals surface area contributed by atoms with E-state index in [2.05, 4.69) is 70.3 Å². The Morgan fingerprint density at radius 3 is 2.37 bits per heavy atom. The molecule has 0 N–H and O–H groups in total. The zero-order valence-electron chi connectivity index (χ0n) is 17.9. The molecule has 1 spiro atoms. The van der Waals surface area contributed by atoms with Gasteiger partial charge in [-0.05, 0) is 77.7 Å². The first-order chi connectivity index (χ1) is 12.4. The highest BCUT2D eigenvalue weighted by Gasteiger charge is 2.48. The summed E-state index contributed by atoms with van der Waals surface area (Å²) in [5.74, 6) is 0.253. The normalized spacial score (nSPS) is 21.9. The van der Waals surface area contributed by atoms with E-state index in [0.29, 0.717) is 5.41 Å². The summed E-state index contributed by atoms with van der Waals surface area (Å²) < 4.78 is 8.04. The van der Waals surface area contributed by atoms with Gasteiger partial charge in [-0.15, -0.1) is 0 Å². The number of pyridine rings is 1. The molecule has 1 unspecified atom stereocenters. The Labute approximate surface area is 179 Å². The molecule has 1 saturated carbocycles. The van der Waals surface area contributed by atoms with Gasteiger partial charge in [-0.2, -0.15) is 0 Å². The van der Waals surface area contributed by atoms with Crippen LogP contribution in [0.15, 0.2) is 0 Å². The van der Waals surface area contributed by atoms with Crippen LogP contribution in [0.4, 0.5) is 0 Å². The quantitative estimate of drug-likeness (QED) is 0.260. The van der Waals surface area contributed by atoms with Crippen molar-refractivity contribution < 1.29 is 9.22 Å². The summed E-state index contributed by atoms with van der Waals surface area (Å²) in [6.45, 7) is 15.8. The first-order valence-electron chi connectivity index (χ1n) is 10.3. The van der Waals surface area contributed by atoms with Crippen molar-refractivity contribution in [3.8, 4) is 0 Å². The third kappa shape index (κ3) is 3.80. The highest BCUT2D eigenvalue weighted by molar-refractivity contribution is 14.1. The van der Waals surface area contributed by atoms with Gasteiger partial charge >= 0.3 is 0 Å². The molecule has 1 fully saturated rings. The molecule has 1 heterocycles. The molecule has 1 aromatic heterocycles. The Kier molecular flexibility index (Phi) is 5.72. The second-order valence-electron chi connectivity index (χ2n) is 10.5. The van der Waals surface area contributed by atoms with Crippen molar-refractivity contribution in [2.45, 2.75) is 96.9 Å². The zero-order valence-corrected chi connectivity index (χ0v) is 21.1. The van der Waals surface area contributed by atoms with Crippen molar-refractivity contribution in [1.29, 1.82) is 0 Å². The van der Waals surface area contributed by atoms with Gasteiger partial charge in [-0.25, -0.2) is 0 Å². The number of aldehydes is 1. The number of hydrogen-bond acceptors (Lipinski definition) is 3. The molecule has 2 aliphatic carbocycles. The lowest BCUT2D eigenvalue weighted by atomic mass is 9.60. The summed E-state index contributed by atoms with van der Waals surface area (Å²) in [5.41, 5.74) is 4.51. The average Bonchev–Trinajstić information content (AvgIpc) is 2.50. The van der Waals surface area contributed by atoms with Crippen molar-refractivity contribution >= 4 is 37.2 Å². The van der Waals surface area contributed by atoms with Gasteiger partial charge in [0.2, 0.25) is 0 Å². The van der Waals surface area contributed by atoms with E-state index in [1.807, 2.05) is 0 Å². The maximum Gasteiger partial charge on any atom is 0.192 e. The molecule has 3 nitrogen and oxygen atoms in total. The summed E-state index contributed by atoms with van der Waals surface area (Å²) >= 11 is 2.38. The van der Waals surface area contributed by atoms with E-state index in [0.717, 1.165) is 34.0 Å². The van der Waals surface area contributed by atoms with Gasteiger partial charge in [0.15, 0.2) is 14.6 Å². The Morgan fingerprint density at radius 2 is 1.93 bits per heavy atom. The minimum atomic E-state index is -1.92. The smallest absolute Gasteiger partial charge is 0.192 e. The molecule has 0 radical (unpaired) electrons. The van der Waals surface area contributed by atoms with Crippen molar-refractivity contribution in [1.82, 2.24) is 4.98 Å². The maximum atomic E-state index is 11.9. The van der Waals surface area contributed by atoms with Crippen molar-refractivity contribution in [2.24, 2.45) is 5.41 Å². The largest absolute Gasteiger partial charge is 0.410 e. The second kappa shape index (κ2) is 7.20.